The monoisotopic (exact) mass is 219 g/mol. The predicted molar refractivity (Wildman–Crippen MR) is 62.8 cm³/mol. The fraction of sp³-hybridized carbons (Fsp3) is 0.462. The van der Waals surface area contributed by atoms with Crippen LogP contribution in [0.25, 0.3) is 0 Å². The number of carbonyl (C=O) groups is 1. The molecule has 86 valence electrons. The summed E-state index contributed by atoms with van der Waals surface area (Å²) in [5.74, 6) is 0.714. The van der Waals surface area contributed by atoms with E-state index in [0.29, 0.717) is 17.4 Å². The van der Waals surface area contributed by atoms with Crippen molar-refractivity contribution >= 4 is 5.91 Å². The van der Waals surface area contributed by atoms with E-state index in [2.05, 4.69) is 0 Å². The van der Waals surface area contributed by atoms with E-state index in [0.717, 1.165) is 18.4 Å². The molecule has 0 bridgehead atoms. The Morgan fingerprint density at radius 1 is 1.38 bits per heavy atom. The molecule has 1 saturated carbocycles. The van der Waals surface area contributed by atoms with Crippen LogP contribution in [0.15, 0.2) is 18.2 Å². The molecule has 0 aromatic heterocycles. The molecule has 0 atom stereocenters. The van der Waals surface area contributed by atoms with Gasteiger partial charge in [-0.15, -0.1) is 0 Å². The molecule has 3 heteroatoms. The highest BCUT2D eigenvalue weighted by Crippen LogP contribution is 2.30. The van der Waals surface area contributed by atoms with Gasteiger partial charge in [0.1, 0.15) is 5.75 Å². The highest BCUT2D eigenvalue weighted by molar-refractivity contribution is 5.96. The number of nitrogens with zero attached hydrogens (tertiary/aromatic N) is 1. The summed E-state index contributed by atoms with van der Waals surface area (Å²) < 4.78 is 5.74. The number of ether oxygens (including phenoxy) is 1. The van der Waals surface area contributed by atoms with Crippen LogP contribution in [0.5, 0.6) is 5.75 Å². The molecular formula is C13H17NO2. The molecule has 1 aromatic carbocycles. The third kappa shape index (κ3) is 2.35. The Bertz CT molecular complexity index is 408. The van der Waals surface area contributed by atoms with Crippen LogP contribution in [0, 0.1) is 6.92 Å². The first kappa shape index (κ1) is 11.0. The van der Waals surface area contributed by atoms with E-state index >= 15 is 0 Å². The van der Waals surface area contributed by atoms with Gasteiger partial charge in [-0.1, -0.05) is 11.6 Å². The van der Waals surface area contributed by atoms with E-state index in [1.54, 1.807) is 19.0 Å². The van der Waals surface area contributed by atoms with Crippen molar-refractivity contribution < 1.29 is 9.53 Å². The summed E-state index contributed by atoms with van der Waals surface area (Å²) in [4.78, 5) is 13.5. The van der Waals surface area contributed by atoms with E-state index in [4.69, 9.17) is 4.74 Å². The predicted octanol–water partition coefficient (Wildman–Crippen LogP) is 2.24. The minimum absolute atomic E-state index is 0.000602. The van der Waals surface area contributed by atoms with E-state index in [1.165, 1.54) is 0 Å². The molecular weight excluding hydrogens is 202 g/mol. The number of hydrogen-bond donors (Lipinski definition) is 0. The normalized spacial score (nSPS) is 14.7. The molecule has 0 aliphatic heterocycles. The molecule has 1 aliphatic rings. The van der Waals surface area contributed by atoms with Crippen LogP contribution in [0.4, 0.5) is 0 Å². The van der Waals surface area contributed by atoms with Crippen molar-refractivity contribution in [2.45, 2.75) is 25.9 Å². The standard InChI is InChI=1S/C13H17NO2/c1-9-4-7-12(16-10-5-6-10)11(8-9)13(15)14(2)3/h4,7-8,10H,5-6H2,1-3H3. The Labute approximate surface area is 96.0 Å². The van der Waals surface area contributed by atoms with Gasteiger partial charge < -0.3 is 9.64 Å². The van der Waals surface area contributed by atoms with Crippen molar-refractivity contribution in [1.29, 1.82) is 0 Å². The summed E-state index contributed by atoms with van der Waals surface area (Å²) in [5.41, 5.74) is 1.74. The molecule has 3 nitrogen and oxygen atoms in total. The first-order valence-corrected chi connectivity index (χ1v) is 5.57. The van der Waals surface area contributed by atoms with Gasteiger partial charge >= 0.3 is 0 Å². The minimum atomic E-state index is -0.000602. The van der Waals surface area contributed by atoms with Gasteiger partial charge in [-0.25, -0.2) is 0 Å². The van der Waals surface area contributed by atoms with Gasteiger partial charge in [-0.2, -0.15) is 0 Å². The quantitative estimate of drug-likeness (QED) is 0.780. The molecule has 1 amide bonds. The lowest BCUT2D eigenvalue weighted by Gasteiger charge is -2.15. The summed E-state index contributed by atoms with van der Waals surface area (Å²) in [6.07, 6.45) is 2.52. The number of rotatable bonds is 3. The van der Waals surface area contributed by atoms with Crippen molar-refractivity contribution in [3.05, 3.63) is 29.3 Å². The van der Waals surface area contributed by atoms with Crippen LogP contribution in [-0.4, -0.2) is 31.0 Å². The topological polar surface area (TPSA) is 29.5 Å². The molecule has 0 N–H and O–H groups in total. The molecule has 0 spiro atoms. The second-order valence-electron chi connectivity index (χ2n) is 4.52. The number of hydrogen-bond acceptors (Lipinski definition) is 2. The summed E-state index contributed by atoms with van der Waals surface area (Å²) in [7, 11) is 3.51. The molecule has 1 aliphatic carbocycles. The number of aryl methyl sites for hydroxylation is 1. The zero-order valence-corrected chi connectivity index (χ0v) is 9.99. The number of amides is 1. The first-order chi connectivity index (χ1) is 7.58. The molecule has 0 saturated heterocycles. The number of carbonyl (C=O) groups excluding carboxylic acids is 1. The Morgan fingerprint density at radius 2 is 2.06 bits per heavy atom. The van der Waals surface area contributed by atoms with E-state index in [-0.39, 0.29) is 5.91 Å². The van der Waals surface area contributed by atoms with Crippen molar-refractivity contribution in [3.8, 4) is 5.75 Å². The maximum absolute atomic E-state index is 12.0. The van der Waals surface area contributed by atoms with Gasteiger partial charge in [0, 0.05) is 14.1 Å². The summed E-state index contributed by atoms with van der Waals surface area (Å²) in [5, 5.41) is 0. The van der Waals surface area contributed by atoms with E-state index in [1.807, 2.05) is 25.1 Å². The van der Waals surface area contributed by atoms with Crippen molar-refractivity contribution in [2.75, 3.05) is 14.1 Å². The maximum Gasteiger partial charge on any atom is 0.257 e. The zero-order valence-electron chi connectivity index (χ0n) is 9.99. The molecule has 0 unspecified atom stereocenters. The second-order valence-corrected chi connectivity index (χ2v) is 4.52. The highest BCUT2D eigenvalue weighted by atomic mass is 16.5. The molecule has 0 heterocycles. The first-order valence-electron chi connectivity index (χ1n) is 5.57. The van der Waals surface area contributed by atoms with Gasteiger partial charge in [0.05, 0.1) is 11.7 Å². The highest BCUT2D eigenvalue weighted by Gasteiger charge is 2.26. The maximum atomic E-state index is 12.0. The van der Waals surface area contributed by atoms with Gasteiger partial charge in [0.25, 0.3) is 5.91 Å². The lowest BCUT2D eigenvalue weighted by atomic mass is 10.1. The SMILES string of the molecule is Cc1ccc(OC2CC2)c(C(=O)N(C)C)c1. The second kappa shape index (κ2) is 4.16. The van der Waals surface area contributed by atoms with Crippen molar-refractivity contribution in [3.63, 3.8) is 0 Å². The molecule has 1 aromatic rings. The summed E-state index contributed by atoms with van der Waals surface area (Å²) >= 11 is 0. The Morgan fingerprint density at radius 3 is 2.62 bits per heavy atom. The zero-order chi connectivity index (χ0) is 11.7. The van der Waals surface area contributed by atoms with Crippen LogP contribution in [0.2, 0.25) is 0 Å². The van der Waals surface area contributed by atoms with Gasteiger partial charge in [0.15, 0.2) is 0 Å². The van der Waals surface area contributed by atoms with Crippen LogP contribution in [0.3, 0.4) is 0 Å². The Hall–Kier alpha value is -1.51. The fourth-order valence-corrected chi connectivity index (χ4v) is 1.52. The molecule has 16 heavy (non-hydrogen) atoms. The summed E-state index contributed by atoms with van der Waals surface area (Å²) in [6, 6.07) is 5.76. The fourth-order valence-electron chi connectivity index (χ4n) is 1.52. The molecule has 2 rings (SSSR count). The number of benzene rings is 1. The minimum Gasteiger partial charge on any atom is -0.490 e. The lowest BCUT2D eigenvalue weighted by Crippen LogP contribution is -2.22. The largest absolute Gasteiger partial charge is 0.490 e. The lowest BCUT2D eigenvalue weighted by molar-refractivity contribution is 0.0822. The average Bonchev–Trinajstić information content (AvgIpc) is 3.03. The van der Waals surface area contributed by atoms with Crippen molar-refractivity contribution in [1.82, 2.24) is 4.90 Å². The molecule has 1 fully saturated rings. The van der Waals surface area contributed by atoms with Crippen LogP contribution in [-0.2, 0) is 0 Å². The van der Waals surface area contributed by atoms with Gasteiger partial charge in [-0.3, -0.25) is 4.79 Å². The van der Waals surface area contributed by atoms with Crippen molar-refractivity contribution in [2.24, 2.45) is 0 Å². The van der Waals surface area contributed by atoms with Gasteiger partial charge in [0.2, 0.25) is 0 Å². The third-order valence-corrected chi connectivity index (χ3v) is 2.59. The van der Waals surface area contributed by atoms with E-state index in [9.17, 15) is 4.79 Å². The average molecular weight is 219 g/mol. The Kier molecular flexibility index (Phi) is 2.86. The smallest absolute Gasteiger partial charge is 0.257 e. The van der Waals surface area contributed by atoms with Crippen LogP contribution < -0.4 is 4.74 Å². The van der Waals surface area contributed by atoms with Gasteiger partial charge in [-0.05, 0) is 31.9 Å². The van der Waals surface area contributed by atoms with E-state index < -0.39 is 0 Å². The molecule has 0 radical (unpaired) electrons. The Balaban J connectivity index is 2.30. The van der Waals surface area contributed by atoms with Crippen LogP contribution >= 0.6 is 0 Å². The third-order valence-electron chi connectivity index (χ3n) is 2.59. The summed E-state index contributed by atoms with van der Waals surface area (Å²) in [6.45, 7) is 1.98. The van der Waals surface area contributed by atoms with Crippen LogP contribution in [0.1, 0.15) is 28.8 Å².